The maximum absolute atomic E-state index is 13.3. The zero-order chi connectivity index (χ0) is 20.8. The fraction of sp³-hybridized carbons (Fsp3) is 0.348. The smallest absolute Gasteiger partial charge is 0.343 e. The lowest BCUT2D eigenvalue weighted by Crippen LogP contribution is -2.44. The third-order valence-electron chi connectivity index (χ3n) is 6.97. The fourth-order valence-electron chi connectivity index (χ4n) is 5.34. The summed E-state index contributed by atoms with van der Waals surface area (Å²) in [6, 6.07) is 5.59. The molecule has 3 aliphatic rings. The second-order valence-corrected chi connectivity index (χ2v) is 8.40. The number of ether oxygens (including phenoxy) is 1. The number of nitrogens with zero attached hydrogens (tertiary/aromatic N) is 2. The molecule has 1 aliphatic carbocycles. The molecule has 152 valence electrons. The molecule has 0 unspecified atom stereocenters. The predicted octanol–water partition coefficient (Wildman–Crippen LogP) is 2.15. The number of aliphatic hydroxyl groups is 1. The number of aryl methyl sites for hydroxylation is 2. The van der Waals surface area contributed by atoms with Gasteiger partial charge in [-0.15, -0.1) is 0 Å². The van der Waals surface area contributed by atoms with Gasteiger partial charge in [0.15, 0.2) is 5.60 Å². The van der Waals surface area contributed by atoms with Crippen molar-refractivity contribution in [1.82, 2.24) is 9.55 Å². The molecule has 1 aromatic carbocycles. The molecule has 0 amide bonds. The molecule has 2 aromatic heterocycles. The number of hydrogen-bond acceptors (Lipinski definition) is 6. The lowest BCUT2D eigenvalue weighted by molar-refractivity contribution is -0.172. The molecular weight excluding hydrogens is 382 g/mol. The van der Waals surface area contributed by atoms with Crippen molar-refractivity contribution in [2.45, 2.75) is 51.4 Å². The predicted molar refractivity (Wildman–Crippen MR) is 111 cm³/mol. The van der Waals surface area contributed by atoms with Gasteiger partial charge in [-0.3, -0.25) is 4.79 Å². The van der Waals surface area contributed by atoms with E-state index in [1.807, 2.05) is 12.1 Å². The van der Waals surface area contributed by atoms with Crippen LogP contribution in [0.3, 0.4) is 0 Å². The molecule has 0 bridgehead atoms. The second kappa shape index (κ2) is 5.70. The first-order chi connectivity index (χ1) is 14.4. The number of nitrogens with two attached hydrogens (primary N) is 1. The standard InChI is InChI=1S/C23H21N3O4/c1-2-23(29)15-8-18-20-13(9-26(18)21(27)14(15)10-30-22(23)28)11-4-3-5-12-16(24)6-7-17(25-20)19(11)12/h6-8,29H,2-5,9-10,24H2,1H3/t23-/m1/s1. The minimum absolute atomic E-state index is 0.116. The van der Waals surface area contributed by atoms with Crippen molar-refractivity contribution in [2.24, 2.45) is 0 Å². The Hall–Kier alpha value is -3.19. The van der Waals surface area contributed by atoms with Crippen molar-refractivity contribution >= 4 is 22.6 Å². The number of fused-ring (bicyclic) bond motifs is 5. The number of carbonyl (C=O) groups is 1. The highest BCUT2D eigenvalue weighted by molar-refractivity contribution is 5.94. The Kier molecular flexibility index (Phi) is 3.35. The summed E-state index contributed by atoms with van der Waals surface area (Å²) >= 11 is 0. The Balaban J connectivity index is 1.68. The van der Waals surface area contributed by atoms with E-state index < -0.39 is 11.6 Å². The summed E-state index contributed by atoms with van der Waals surface area (Å²) < 4.78 is 6.84. The Labute approximate surface area is 172 Å². The minimum atomic E-state index is -1.81. The van der Waals surface area contributed by atoms with Gasteiger partial charge in [0.1, 0.15) is 6.61 Å². The summed E-state index contributed by atoms with van der Waals surface area (Å²) in [5.41, 5.74) is 11.4. The molecule has 0 radical (unpaired) electrons. The largest absolute Gasteiger partial charge is 0.458 e. The molecule has 30 heavy (non-hydrogen) atoms. The van der Waals surface area contributed by atoms with Crippen molar-refractivity contribution < 1.29 is 14.6 Å². The first-order valence-electron chi connectivity index (χ1n) is 10.3. The van der Waals surface area contributed by atoms with Gasteiger partial charge in [-0.05, 0) is 55.0 Å². The highest BCUT2D eigenvalue weighted by atomic mass is 16.6. The van der Waals surface area contributed by atoms with Gasteiger partial charge in [0, 0.05) is 22.2 Å². The van der Waals surface area contributed by atoms with Gasteiger partial charge in [-0.25, -0.2) is 9.78 Å². The molecule has 0 fully saturated rings. The van der Waals surface area contributed by atoms with Crippen LogP contribution in [0, 0.1) is 0 Å². The van der Waals surface area contributed by atoms with Gasteiger partial charge in [0.2, 0.25) is 0 Å². The highest BCUT2D eigenvalue weighted by Gasteiger charge is 2.45. The van der Waals surface area contributed by atoms with E-state index in [9.17, 15) is 14.7 Å². The number of anilines is 1. The normalized spacial score (nSPS) is 21.2. The molecule has 0 saturated heterocycles. The number of aromatic nitrogens is 2. The van der Waals surface area contributed by atoms with Crippen LogP contribution in [0.4, 0.5) is 5.69 Å². The first-order valence-corrected chi connectivity index (χ1v) is 10.3. The Morgan fingerprint density at radius 1 is 1.20 bits per heavy atom. The first kappa shape index (κ1) is 17.7. The van der Waals surface area contributed by atoms with Crippen LogP contribution in [-0.4, -0.2) is 20.6 Å². The van der Waals surface area contributed by atoms with Gasteiger partial charge in [-0.1, -0.05) is 6.92 Å². The van der Waals surface area contributed by atoms with E-state index in [1.165, 1.54) is 5.56 Å². The van der Waals surface area contributed by atoms with E-state index in [-0.39, 0.29) is 18.6 Å². The van der Waals surface area contributed by atoms with E-state index in [2.05, 4.69) is 0 Å². The maximum Gasteiger partial charge on any atom is 0.343 e. The third kappa shape index (κ3) is 2.00. The van der Waals surface area contributed by atoms with Gasteiger partial charge in [0.05, 0.1) is 29.0 Å². The van der Waals surface area contributed by atoms with Crippen molar-refractivity contribution in [3.05, 3.63) is 56.4 Å². The van der Waals surface area contributed by atoms with Gasteiger partial charge < -0.3 is 20.1 Å². The van der Waals surface area contributed by atoms with Crippen LogP contribution in [0.5, 0.6) is 0 Å². The van der Waals surface area contributed by atoms with Gasteiger partial charge in [-0.2, -0.15) is 0 Å². The van der Waals surface area contributed by atoms with Crippen molar-refractivity contribution in [2.75, 3.05) is 5.73 Å². The quantitative estimate of drug-likeness (QED) is 0.372. The summed E-state index contributed by atoms with van der Waals surface area (Å²) in [4.78, 5) is 30.5. The molecule has 2 aliphatic heterocycles. The zero-order valence-corrected chi connectivity index (χ0v) is 16.6. The topological polar surface area (TPSA) is 107 Å². The SMILES string of the molecule is CC[C@]1(O)C(=O)OCc2c1cc1n(c2=O)Cc2c-1nc1ccc(N)c3c1c2CCC3. The molecule has 4 heterocycles. The number of rotatable bonds is 1. The molecule has 7 heteroatoms. The molecule has 1 atom stereocenters. The summed E-state index contributed by atoms with van der Waals surface area (Å²) in [6.07, 6.45) is 2.99. The Morgan fingerprint density at radius 2 is 2.00 bits per heavy atom. The summed E-state index contributed by atoms with van der Waals surface area (Å²) in [5, 5.41) is 12.1. The van der Waals surface area contributed by atoms with Crippen molar-refractivity contribution in [3.8, 4) is 11.4 Å². The Morgan fingerprint density at radius 3 is 2.80 bits per heavy atom. The van der Waals surface area contributed by atoms with Crippen molar-refractivity contribution in [1.29, 1.82) is 0 Å². The van der Waals surface area contributed by atoms with Crippen LogP contribution in [0.15, 0.2) is 23.0 Å². The molecular formula is C23H21N3O4. The average Bonchev–Trinajstić information content (AvgIpc) is 3.13. The molecule has 7 nitrogen and oxygen atoms in total. The number of pyridine rings is 2. The Bertz CT molecular complexity index is 1360. The van der Waals surface area contributed by atoms with E-state index in [0.717, 1.165) is 52.7 Å². The van der Waals surface area contributed by atoms with E-state index in [0.29, 0.717) is 23.4 Å². The number of nitrogen functional groups attached to an aromatic ring is 1. The fourth-order valence-corrected chi connectivity index (χ4v) is 5.34. The average molecular weight is 403 g/mol. The highest BCUT2D eigenvalue weighted by Crippen LogP contribution is 2.43. The van der Waals surface area contributed by atoms with E-state index in [4.69, 9.17) is 15.5 Å². The van der Waals surface area contributed by atoms with Crippen LogP contribution < -0.4 is 11.3 Å². The lowest BCUT2D eigenvalue weighted by Gasteiger charge is -2.31. The van der Waals surface area contributed by atoms with Crippen LogP contribution >= 0.6 is 0 Å². The molecule has 6 rings (SSSR count). The lowest BCUT2D eigenvalue weighted by atomic mass is 9.85. The second-order valence-electron chi connectivity index (χ2n) is 8.40. The number of cyclic esters (lactones) is 1. The van der Waals surface area contributed by atoms with Crippen LogP contribution in [0.2, 0.25) is 0 Å². The summed E-state index contributed by atoms with van der Waals surface area (Å²) in [7, 11) is 0. The van der Waals surface area contributed by atoms with Gasteiger partial charge >= 0.3 is 5.97 Å². The molecule has 0 spiro atoms. The molecule has 3 N–H and O–H groups in total. The number of benzene rings is 1. The minimum Gasteiger partial charge on any atom is -0.458 e. The molecule has 3 aromatic rings. The zero-order valence-electron chi connectivity index (χ0n) is 16.6. The van der Waals surface area contributed by atoms with Crippen LogP contribution in [-0.2, 0) is 41.1 Å². The van der Waals surface area contributed by atoms with E-state index >= 15 is 0 Å². The summed E-state index contributed by atoms with van der Waals surface area (Å²) in [5.74, 6) is -0.707. The van der Waals surface area contributed by atoms with Crippen LogP contribution in [0.1, 0.15) is 47.6 Å². The number of hydrogen-bond donors (Lipinski definition) is 2. The van der Waals surface area contributed by atoms with E-state index in [1.54, 1.807) is 17.6 Å². The maximum atomic E-state index is 13.3. The third-order valence-corrected chi connectivity index (χ3v) is 6.97. The van der Waals surface area contributed by atoms with Crippen molar-refractivity contribution in [3.63, 3.8) is 0 Å². The van der Waals surface area contributed by atoms with Gasteiger partial charge in [0.25, 0.3) is 5.56 Å². The molecule has 0 saturated carbocycles. The number of esters is 1. The summed E-state index contributed by atoms with van der Waals surface area (Å²) in [6.45, 7) is 2.02. The number of carbonyl (C=O) groups excluding carboxylic acids is 1. The monoisotopic (exact) mass is 403 g/mol. The van der Waals surface area contributed by atoms with Crippen LogP contribution in [0.25, 0.3) is 22.3 Å².